The van der Waals surface area contributed by atoms with Gasteiger partial charge >= 0.3 is 0 Å². The second kappa shape index (κ2) is 6.32. The molecular formula is C15H18N4OS. The lowest BCUT2D eigenvalue weighted by molar-refractivity contribution is -0.129. The number of carbonyl (C=O) groups excluding carboxylic acids is 1. The first-order valence-corrected chi connectivity index (χ1v) is 7.89. The second-order valence-electron chi connectivity index (χ2n) is 5.36. The number of likely N-dealkylation sites (tertiary alicyclic amines) is 1. The molecule has 21 heavy (non-hydrogen) atoms. The summed E-state index contributed by atoms with van der Waals surface area (Å²) in [5, 5.41) is 9.15. The summed E-state index contributed by atoms with van der Waals surface area (Å²) in [5.74, 6) is 0.179. The number of aromatic nitrogens is 2. The molecule has 1 N–H and O–H groups in total. The fourth-order valence-corrected chi connectivity index (χ4v) is 2.94. The minimum atomic E-state index is -0.0999. The Morgan fingerprint density at radius 1 is 1.38 bits per heavy atom. The Kier molecular flexibility index (Phi) is 4.26. The van der Waals surface area contributed by atoms with Gasteiger partial charge in [0.25, 0.3) is 0 Å². The lowest BCUT2D eigenvalue weighted by Gasteiger charge is -2.17. The molecule has 1 amide bonds. The second-order valence-corrected chi connectivity index (χ2v) is 5.97. The Balaban J connectivity index is 1.54. The van der Waals surface area contributed by atoms with Gasteiger partial charge in [-0.1, -0.05) is 34.3 Å². The maximum absolute atomic E-state index is 12.4. The van der Waals surface area contributed by atoms with Crippen LogP contribution in [0.4, 0.5) is 0 Å². The minimum Gasteiger partial charge on any atom is -0.337 e. The largest absolute Gasteiger partial charge is 0.337 e. The van der Waals surface area contributed by atoms with Gasteiger partial charge in [0.05, 0.1) is 11.7 Å². The van der Waals surface area contributed by atoms with E-state index < -0.39 is 0 Å². The highest BCUT2D eigenvalue weighted by Crippen LogP contribution is 2.16. The highest BCUT2D eigenvalue weighted by atomic mass is 32.1. The zero-order valence-electron chi connectivity index (χ0n) is 12.0. The molecule has 0 radical (unpaired) electrons. The molecule has 0 aliphatic carbocycles. The van der Waals surface area contributed by atoms with E-state index >= 15 is 0 Å². The van der Waals surface area contributed by atoms with Crippen LogP contribution in [0.1, 0.15) is 23.2 Å². The highest BCUT2D eigenvalue weighted by Gasteiger charge is 2.31. The van der Waals surface area contributed by atoms with E-state index in [1.807, 2.05) is 10.3 Å². The Hall–Kier alpha value is -1.79. The molecule has 3 rings (SSSR count). The molecular weight excluding hydrogens is 284 g/mol. The summed E-state index contributed by atoms with van der Waals surface area (Å²) in [5.41, 5.74) is 3.31. The topological polar surface area (TPSA) is 58.1 Å². The molecule has 1 aromatic carbocycles. The molecule has 6 heteroatoms. The molecule has 2 heterocycles. The van der Waals surface area contributed by atoms with Gasteiger partial charge in [-0.3, -0.25) is 4.79 Å². The SMILES string of the molecule is Cc1ccc(CN2CCC(NCc3csnn3)C2=O)cc1. The summed E-state index contributed by atoms with van der Waals surface area (Å²) in [6.45, 7) is 4.17. The fourth-order valence-electron chi connectivity index (χ4n) is 2.49. The number of amides is 1. The zero-order chi connectivity index (χ0) is 14.7. The molecule has 1 aliphatic heterocycles. The van der Waals surface area contributed by atoms with E-state index in [4.69, 9.17) is 0 Å². The molecule has 1 aliphatic rings. The third-order valence-electron chi connectivity index (χ3n) is 3.73. The summed E-state index contributed by atoms with van der Waals surface area (Å²) in [4.78, 5) is 14.3. The molecule has 5 nitrogen and oxygen atoms in total. The van der Waals surface area contributed by atoms with Crippen molar-refractivity contribution in [2.45, 2.75) is 32.5 Å². The predicted molar refractivity (Wildman–Crippen MR) is 81.7 cm³/mol. The van der Waals surface area contributed by atoms with Gasteiger partial charge in [0, 0.05) is 25.0 Å². The standard InChI is InChI=1S/C15H18N4OS/c1-11-2-4-12(5-3-11)9-19-7-6-14(15(19)20)16-8-13-10-21-18-17-13/h2-5,10,14,16H,6-9H2,1H3. The Morgan fingerprint density at radius 2 is 2.19 bits per heavy atom. The molecule has 1 fully saturated rings. The number of hydrogen-bond donors (Lipinski definition) is 1. The molecule has 2 aromatic rings. The van der Waals surface area contributed by atoms with Crippen molar-refractivity contribution < 1.29 is 4.79 Å². The number of benzene rings is 1. The normalized spacial score (nSPS) is 18.4. The van der Waals surface area contributed by atoms with E-state index in [0.29, 0.717) is 13.1 Å². The van der Waals surface area contributed by atoms with E-state index in [1.165, 1.54) is 22.7 Å². The van der Waals surface area contributed by atoms with Gasteiger partial charge in [0.1, 0.15) is 0 Å². The van der Waals surface area contributed by atoms with Crippen molar-refractivity contribution in [2.75, 3.05) is 6.54 Å². The smallest absolute Gasteiger partial charge is 0.240 e. The van der Waals surface area contributed by atoms with E-state index in [1.54, 1.807) is 0 Å². The molecule has 1 saturated heterocycles. The van der Waals surface area contributed by atoms with Gasteiger partial charge in [-0.05, 0) is 30.4 Å². The lowest BCUT2D eigenvalue weighted by Crippen LogP contribution is -2.37. The fraction of sp³-hybridized carbons (Fsp3) is 0.400. The van der Waals surface area contributed by atoms with Crippen LogP contribution in [0, 0.1) is 6.92 Å². The van der Waals surface area contributed by atoms with Crippen LogP contribution in [-0.4, -0.2) is 33.0 Å². The summed E-state index contributed by atoms with van der Waals surface area (Å²) in [7, 11) is 0. The van der Waals surface area contributed by atoms with Gasteiger partial charge < -0.3 is 10.2 Å². The van der Waals surface area contributed by atoms with Crippen molar-refractivity contribution in [1.29, 1.82) is 0 Å². The van der Waals surface area contributed by atoms with E-state index in [2.05, 4.69) is 46.1 Å². The van der Waals surface area contributed by atoms with Crippen molar-refractivity contribution in [3.63, 3.8) is 0 Å². The molecule has 110 valence electrons. The van der Waals surface area contributed by atoms with Crippen LogP contribution < -0.4 is 5.32 Å². The molecule has 0 saturated carbocycles. The van der Waals surface area contributed by atoms with Crippen LogP contribution in [-0.2, 0) is 17.9 Å². The third-order valence-corrected chi connectivity index (χ3v) is 4.28. The summed E-state index contributed by atoms with van der Waals surface area (Å²) < 4.78 is 3.82. The quantitative estimate of drug-likeness (QED) is 0.914. The van der Waals surface area contributed by atoms with E-state index in [0.717, 1.165) is 18.7 Å². The van der Waals surface area contributed by atoms with Crippen LogP contribution in [0.25, 0.3) is 0 Å². The van der Waals surface area contributed by atoms with Crippen molar-refractivity contribution in [3.8, 4) is 0 Å². The zero-order valence-corrected chi connectivity index (χ0v) is 12.8. The molecule has 0 spiro atoms. The monoisotopic (exact) mass is 302 g/mol. The van der Waals surface area contributed by atoms with Crippen molar-refractivity contribution in [3.05, 3.63) is 46.5 Å². The maximum Gasteiger partial charge on any atom is 0.240 e. The van der Waals surface area contributed by atoms with Crippen LogP contribution in [0.5, 0.6) is 0 Å². The van der Waals surface area contributed by atoms with Crippen LogP contribution in [0.2, 0.25) is 0 Å². The Bertz CT molecular complexity index is 597. The van der Waals surface area contributed by atoms with E-state index in [-0.39, 0.29) is 11.9 Å². The van der Waals surface area contributed by atoms with E-state index in [9.17, 15) is 4.79 Å². The van der Waals surface area contributed by atoms with Crippen LogP contribution >= 0.6 is 11.5 Å². The number of carbonyl (C=O) groups is 1. The third kappa shape index (κ3) is 3.46. The predicted octanol–water partition coefficient (Wildman–Crippen LogP) is 1.74. The summed E-state index contributed by atoms with van der Waals surface area (Å²) in [6, 6.07) is 8.24. The number of nitrogens with one attached hydrogen (secondary N) is 1. The number of aryl methyl sites for hydroxylation is 1. The Morgan fingerprint density at radius 3 is 2.90 bits per heavy atom. The van der Waals surface area contributed by atoms with Crippen molar-refractivity contribution in [1.82, 2.24) is 19.8 Å². The Labute approximate surface area is 128 Å². The van der Waals surface area contributed by atoms with Gasteiger partial charge in [-0.2, -0.15) is 0 Å². The minimum absolute atomic E-state index is 0.0999. The molecule has 0 bridgehead atoms. The van der Waals surface area contributed by atoms with Gasteiger partial charge in [0.2, 0.25) is 5.91 Å². The molecule has 1 unspecified atom stereocenters. The molecule has 1 atom stereocenters. The highest BCUT2D eigenvalue weighted by molar-refractivity contribution is 7.03. The summed E-state index contributed by atoms with van der Waals surface area (Å²) in [6.07, 6.45) is 0.849. The van der Waals surface area contributed by atoms with Gasteiger partial charge in [0.15, 0.2) is 0 Å². The average molecular weight is 302 g/mol. The number of hydrogen-bond acceptors (Lipinski definition) is 5. The molecule has 1 aromatic heterocycles. The van der Waals surface area contributed by atoms with Gasteiger partial charge in [-0.15, -0.1) is 5.10 Å². The number of nitrogens with zero attached hydrogens (tertiary/aromatic N) is 3. The van der Waals surface area contributed by atoms with Crippen LogP contribution in [0.3, 0.4) is 0 Å². The van der Waals surface area contributed by atoms with Crippen molar-refractivity contribution in [2.24, 2.45) is 0 Å². The average Bonchev–Trinajstić information content (AvgIpc) is 3.11. The number of rotatable bonds is 5. The van der Waals surface area contributed by atoms with Crippen LogP contribution in [0.15, 0.2) is 29.6 Å². The first-order valence-electron chi connectivity index (χ1n) is 7.06. The van der Waals surface area contributed by atoms with Gasteiger partial charge in [-0.25, -0.2) is 0 Å². The lowest BCUT2D eigenvalue weighted by atomic mass is 10.1. The first kappa shape index (κ1) is 14.2. The maximum atomic E-state index is 12.4. The summed E-state index contributed by atoms with van der Waals surface area (Å²) >= 11 is 1.33. The first-order chi connectivity index (χ1) is 10.2. The van der Waals surface area contributed by atoms with Crippen molar-refractivity contribution >= 4 is 17.4 Å².